The van der Waals surface area contributed by atoms with E-state index < -0.39 is 5.97 Å². The second kappa shape index (κ2) is 8.93. The SMILES string of the molecule is COc1ccccc1OCCNC(=O)COC(=O)c1sccc1C. The number of rotatable bonds is 8. The maximum Gasteiger partial charge on any atom is 0.349 e. The maximum atomic E-state index is 11.8. The first kappa shape index (κ1) is 17.8. The van der Waals surface area contributed by atoms with Crippen molar-refractivity contribution in [1.29, 1.82) is 0 Å². The van der Waals surface area contributed by atoms with Gasteiger partial charge >= 0.3 is 5.97 Å². The van der Waals surface area contributed by atoms with Crippen LogP contribution in [0.15, 0.2) is 35.7 Å². The van der Waals surface area contributed by atoms with E-state index in [9.17, 15) is 9.59 Å². The lowest BCUT2D eigenvalue weighted by atomic mass is 10.3. The van der Waals surface area contributed by atoms with E-state index in [1.165, 1.54) is 11.3 Å². The highest BCUT2D eigenvalue weighted by atomic mass is 32.1. The number of methoxy groups -OCH3 is 1. The predicted molar refractivity (Wildman–Crippen MR) is 90.8 cm³/mol. The number of hydrogen-bond donors (Lipinski definition) is 1. The van der Waals surface area contributed by atoms with E-state index in [0.717, 1.165) is 5.56 Å². The van der Waals surface area contributed by atoms with Crippen LogP contribution in [0.1, 0.15) is 15.2 Å². The number of thiophene rings is 1. The highest BCUT2D eigenvalue weighted by Gasteiger charge is 2.13. The summed E-state index contributed by atoms with van der Waals surface area (Å²) in [6.07, 6.45) is 0. The van der Waals surface area contributed by atoms with Crippen LogP contribution in [0.5, 0.6) is 11.5 Å². The second-order valence-corrected chi connectivity index (χ2v) is 5.77. The minimum Gasteiger partial charge on any atom is -0.493 e. The van der Waals surface area contributed by atoms with Gasteiger partial charge in [-0.3, -0.25) is 4.79 Å². The van der Waals surface area contributed by atoms with Gasteiger partial charge in [-0.15, -0.1) is 11.3 Å². The quantitative estimate of drug-likeness (QED) is 0.585. The van der Waals surface area contributed by atoms with E-state index >= 15 is 0 Å². The standard InChI is InChI=1S/C17H19NO5S/c1-12-7-10-24-16(12)17(20)23-11-15(19)18-8-9-22-14-6-4-3-5-13(14)21-2/h3-7,10H,8-9,11H2,1-2H3,(H,18,19). The third-order valence-electron chi connectivity index (χ3n) is 3.13. The van der Waals surface area contributed by atoms with Gasteiger partial charge < -0.3 is 19.5 Å². The molecule has 0 saturated carbocycles. The third kappa shape index (κ3) is 4.99. The van der Waals surface area contributed by atoms with Crippen LogP contribution in [0.4, 0.5) is 0 Å². The van der Waals surface area contributed by atoms with Gasteiger partial charge in [-0.1, -0.05) is 12.1 Å². The van der Waals surface area contributed by atoms with Gasteiger partial charge in [-0.25, -0.2) is 4.79 Å². The zero-order valence-electron chi connectivity index (χ0n) is 13.5. The molecule has 24 heavy (non-hydrogen) atoms. The molecule has 1 aromatic carbocycles. The van der Waals surface area contributed by atoms with E-state index in [1.807, 2.05) is 25.1 Å². The molecule has 6 nitrogen and oxygen atoms in total. The first-order valence-electron chi connectivity index (χ1n) is 7.35. The number of aryl methyl sites for hydroxylation is 1. The molecule has 1 aromatic heterocycles. The molecule has 1 N–H and O–H groups in total. The number of para-hydroxylation sites is 2. The van der Waals surface area contributed by atoms with Crippen LogP contribution in [-0.4, -0.2) is 38.7 Å². The van der Waals surface area contributed by atoms with Crippen LogP contribution in [0.25, 0.3) is 0 Å². The van der Waals surface area contributed by atoms with Gasteiger partial charge in [0.05, 0.1) is 13.7 Å². The molecule has 2 rings (SSSR count). The van der Waals surface area contributed by atoms with Crippen LogP contribution >= 0.6 is 11.3 Å². The fourth-order valence-electron chi connectivity index (χ4n) is 1.92. The molecule has 0 unspecified atom stereocenters. The lowest BCUT2D eigenvalue weighted by molar-refractivity contribution is -0.124. The number of ether oxygens (including phenoxy) is 3. The Morgan fingerprint density at radius 2 is 1.92 bits per heavy atom. The van der Waals surface area contributed by atoms with Crippen LogP contribution < -0.4 is 14.8 Å². The molecule has 0 fully saturated rings. The summed E-state index contributed by atoms with van der Waals surface area (Å²) >= 11 is 1.29. The van der Waals surface area contributed by atoms with Crippen molar-refractivity contribution in [2.24, 2.45) is 0 Å². The Morgan fingerprint density at radius 1 is 1.17 bits per heavy atom. The maximum absolute atomic E-state index is 11.8. The van der Waals surface area contributed by atoms with Gasteiger partial charge in [0, 0.05) is 0 Å². The summed E-state index contributed by atoms with van der Waals surface area (Å²) in [6, 6.07) is 9.09. The zero-order chi connectivity index (χ0) is 17.4. The fraction of sp³-hybridized carbons (Fsp3) is 0.294. The van der Waals surface area contributed by atoms with Crippen molar-refractivity contribution in [2.45, 2.75) is 6.92 Å². The molecule has 0 aliphatic carbocycles. The Hall–Kier alpha value is -2.54. The average Bonchev–Trinajstić information content (AvgIpc) is 3.03. The molecule has 0 atom stereocenters. The van der Waals surface area contributed by atoms with E-state index in [1.54, 1.807) is 24.6 Å². The lowest BCUT2D eigenvalue weighted by Crippen LogP contribution is -2.32. The summed E-state index contributed by atoms with van der Waals surface area (Å²) in [5, 5.41) is 4.43. The minimum absolute atomic E-state index is 0.282. The summed E-state index contributed by atoms with van der Waals surface area (Å²) in [5.74, 6) is 0.377. The van der Waals surface area contributed by atoms with Gasteiger partial charge in [-0.05, 0) is 36.1 Å². The summed E-state index contributed by atoms with van der Waals surface area (Å²) in [7, 11) is 1.56. The van der Waals surface area contributed by atoms with E-state index in [0.29, 0.717) is 22.9 Å². The van der Waals surface area contributed by atoms with Crippen molar-refractivity contribution >= 4 is 23.2 Å². The first-order chi connectivity index (χ1) is 11.6. The highest BCUT2D eigenvalue weighted by Crippen LogP contribution is 2.25. The van der Waals surface area contributed by atoms with Crippen LogP contribution in [0.2, 0.25) is 0 Å². The fourth-order valence-corrected chi connectivity index (χ4v) is 2.74. The Balaban J connectivity index is 1.67. The molecule has 0 spiro atoms. The van der Waals surface area contributed by atoms with Crippen molar-refractivity contribution in [3.8, 4) is 11.5 Å². The van der Waals surface area contributed by atoms with E-state index in [-0.39, 0.29) is 19.1 Å². The van der Waals surface area contributed by atoms with Crippen molar-refractivity contribution in [2.75, 3.05) is 26.9 Å². The number of carbonyl (C=O) groups excluding carboxylic acids is 2. The molecule has 0 saturated heterocycles. The molecular weight excluding hydrogens is 330 g/mol. The van der Waals surface area contributed by atoms with Crippen LogP contribution in [0, 0.1) is 6.92 Å². The van der Waals surface area contributed by atoms with Crippen LogP contribution in [-0.2, 0) is 9.53 Å². The normalized spacial score (nSPS) is 10.1. The van der Waals surface area contributed by atoms with Gasteiger partial charge in [-0.2, -0.15) is 0 Å². The Kier molecular flexibility index (Phi) is 6.62. The van der Waals surface area contributed by atoms with Gasteiger partial charge in [0.15, 0.2) is 18.1 Å². The molecule has 7 heteroatoms. The lowest BCUT2D eigenvalue weighted by Gasteiger charge is -2.11. The number of benzene rings is 1. The number of nitrogens with one attached hydrogen (secondary N) is 1. The van der Waals surface area contributed by atoms with Crippen LogP contribution in [0.3, 0.4) is 0 Å². The monoisotopic (exact) mass is 349 g/mol. The Labute approximate surface area is 144 Å². The molecule has 2 aromatic rings. The van der Waals surface area contributed by atoms with Crippen molar-refractivity contribution in [1.82, 2.24) is 5.32 Å². The predicted octanol–water partition coefficient (Wildman–Crippen LogP) is 2.42. The molecule has 0 aliphatic heterocycles. The summed E-state index contributed by atoms with van der Waals surface area (Å²) in [5.41, 5.74) is 0.843. The largest absolute Gasteiger partial charge is 0.493 e. The van der Waals surface area contributed by atoms with E-state index in [2.05, 4.69) is 5.32 Å². The highest BCUT2D eigenvalue weighted by molar-refractivity contribution is 7.12. The second-order valence-electron chi connectivity index (χ2n) is 4.86. The van der Waals surface area contributed by atoms with Gasteiger partial charge in [0.2, 0.25) is 0 Å². The molecule has 128 valence electrons. The average molecular weight is 349 g/mol. The zero-order valence-corrected chi connectivity index (χ0v) is 14.4. The number of esters is 1. The number of amides is 1. The Morgan fingerprint density at radius 3 is 2.58 bits per heavy atom. The van der Waals surface area contributed by atoms with Crippen molar-refractivity contribution < 1.29 is 23.8 Å². The third-order valence-corrected chi connectivity index (χ3v) is 4.13. The topological polar surface area (TPSA) is 73.9 Å². The first-order valence-corrected chi connectivity index (χ1v) is 8.23. The Bertz CT molecular complexity index is 698. The smallest absolute Gasteiger partial charge is 0.349 e. The summed E-state index contributed by atoms with van der Waals surface area (Å²) in [4.78, 5) is 24.0. The molecular formula is C17H19NO5S. The van der Waals surface area contributed by atoms with E-state index in [4.69, 9.17) is 14.2 Å². The van der Waals surface area contributed by atoms with Gasteiger partial charge in [0.25, 0.3) is 5.91 Å². The van der Waals surface area contributed by atoms with Crippen molar-refractivity contribution in [3.05, 3.63) is 46.2 Å². The van der Waals surface area contributed by atoms with Gasteiger partial charge in [0.1, 0.15) is 11.5 Å². The molecule has 0 aliphatic rings. The molecule has 0 bridgehead atoms. The summed E-state index contributed by atoms with van der Waals surface area (Å²) in [6.45, 7) is 2.09. The molecule has 1 amide bonds. The van der Waals surface area contributed by atoms with Crippen molar-refractivity contribution in [3.63, 3.8) is 0 Å². The minimum atomic E-state index is -0.483. The molecule has 1 heterocycles. The number of hydrogen-bond acceptors (Lipinski definition) is 6. The molecule has 0 radical (unpaired) electrons. The summed E-state index contributed by atoms with van der Waals surface area (Å²) < 4.78 is 15.7. The number of carbonyl (C=O) groups is 2.